The number of halogens is 1. The van der Waals surface area contributed by atoms with Crippen LogP contribution in [0, 0.1) is 17.2 Å². The number of hydrogen-bond donors (Lipinski definition) is 3. The van der Waals surface area contributed by atoms with E-state index in [-0.39, 0.29) is 36.3 Å². The summed E-state index contributed by atoms with van der Waals surface area (Å²) in [5.41, 5.74) is 2.68. The highest BCUT2D eigenvalue weighted by Crippen LogP contribution is 2.40. The molecule has 1 aromatic carbocycles. The number of nitrogens with one attached hydrogen (secondary N) is 3. The van der Waals surface area contributed by atoms with Crippen molar-refractivity contribution in [2.24, 2.45) is 5.92 Å². The molecule has 3 aliphatic rings. The number of hydrazine groups is 1. The molecule has 3 N–H and O–H groups in total. The van der Waals surface area contributed by atoms with Crippen LogP contribution in [0.4, 0.5) is 10.1 Å². The Morgan fingerprint density at radius 3 is 2.70 bits per heavy atom. The number of piperidine rings is 1. The lowest BCUT2D eigenvalue weighted by Crippen LogP contribution is -2.66. The number of anilines is 1. The molecule has 0 bridgehead atoms. The third kappa shape index (κ3) is 4.20. The number of nitriles is 1. The lowest BCUT2D eigenvalue weighted by atomic mass is 9.83. The van der Waals surface area contributed by atoms with Crippen LogP contribution in [-0.2, 0) is 19.6 Å². The van der Waals surface area contributed by atoms with Gasteiger partial charge in [-0.15, -0.1) is 0 Å². The number of rotatable bonds is 6. The molecule has 0 saturated carbocycles. The SMILES string of the molecule is CN(C)S(=O)(=O)c1ccc(NC2NN([C@]3(CC#N)COCC[C@@H]3F)C3CCNC(=O)C23)cc1. The van der Waals surface area contributed by atoms with E-state index >= 15 is 4.39 Å². The van der Waals surface area contributed by atoms with E-state index in [2.05, 4.69) is 22.1 Å². The van der Waals surface area contributed by atoms with Crippen molar-refractivity contribution in [3.05, 3.63) is 24.3 Å². The standard InChI is InChI=1S/C21H29FN6O4S/c1-27(2)33(30,31)15-5-3-14(4-6-15)25-19-18-16(7-11-24-20(18)29)28(26-19)21(9-10-23)13-32-12-8-17(21)22/h3-6,16-19,25-26H,7-9,11-13H2,1-2H3,(H,24,29)/t16?,17-,18?,19?,21+/m0/s1. The molecule has 5 atom stereocenters. The first kappa shape index (κ1) is 23.8. The minimum atomic E-state index is -3.56. The van der Waals surface area contributed by atoms with Crippen LogP contribution >= 0.6 is 0 Å². The van der Waals surface area contributed by atoms with Crippen molar-refractivity contribution in [2.75, 3.05) is 39.2 Å². The number of alkyl halides is 1. The van der Waals surface area contributed by atoms with Crippen LogP contribution in [-0.4, -0.2) is 81.4 Å². The van der Waals surface area contributed by atoms with Gasteiger partial charge in [-0.05, 0) is 30.7 Å². The summed E-state index contributed by atoms with van der Waals surface area (Å²) in [6, 6.07) is 8.02. The molecule has 3 heterocycles. The van der Waals surface area contributed by atoms with E-state index in [0.717, 1.165) is 4.31 Å². The lowest BCUT2D eigenvalue weighted by molar-refractivity contribution is -0.136. The molecule has 180 valence electrons. The van der Waals surface area contributed by atoms with Gasteiger partial charge in [-0.25, -0.2) is 27.5 Å². The predicted molar refractivity (Wildman–Crippen MR) is 118 cm³/mol. The number of carbonyl (C=O) groups excluding carboxylic acids is 1. The number of nitrogens with zero attached hydrogens (tertiary/aromatic N) is 3. The molecular weight excluding hydrogens is 451 g/mol. The summed E-state index contributed by atoms with van der Waals surface area (Å²) in [6.07, 6.45) is -1.14. The van der Waals surface area contributed by atoms with Crippen LogP contribution < -0.4 is 16.1 Å². The fourth-order valence-electron chi connectivity index (χ4n) is 4.90. The molecule has 33 heavy (non-hydrogen) atoms. The lowest BCUT2D eigenvalue weighted by Gasteiger charge is -2.47. The van der Waals surface area contributed by atoms with Crippen molar-refractivity contribution in [3.63, 3.8) is 0 Å². The minimum absolute atomic E-state index is 0.0589. The summed E-state index contributed by atoms with van der Waals surface area (Å²) in [7, 11) is -0.636. The molecule has 3 aliphatic heterocycles. The molecule has 1 amide bonds. The van der Waals surface area contributed by atoms with Crippen molar-refractivity contribution >= 4 is 21.6 Å². The largest absolute Gasteiger partial charge is 0.379 e. The number of ether oxygens (including phenoxy) is 1. The Morgan fingerprint density at radius 1 is 1.33 bits per heavy atom. The molecule has 0 aromatic heterocycles. The van der Waals surface area contributed by atoms with Gasteiger partial charge < -0.3 is 15.4 Å². The number of amides is 1. The fraction of sp³-hybridized carbons (Fsp3) is 0.619. The van der Waals surface area contributed by atoms with Gasteiger partial charge in [-0.2, -0.15) is 5.26 Å². The van der Waals surface area contributed by atoms with Crippen LogP contribution in [0.5, 0.6) is 0 Å². The number of benzene rings is 1. The highest BCUT2D eigenvalue weighted by atomic mass is 32.2. The van der Waals surface area contributed by atoms with Crippen LogP contribution in [0.2, 0.25) is 0 Å². The van der Waals surface area contributed by atoms with Crippen molar-refractivity contribution in [1.29, 1.82) is 5.26 Å². The smallest absolute Gasteiger partial charge is 0.242 e. The Balaban J connectivity index is 1.61. The van der Waals surface area contributed by atoms with Gasteiger partial charge in [-0.1, -0.05) is 0 Å². The molecule has 0 spiro atoms. The zero-order valence-corrected chi connectivity index (χ0v) is 19.4. The summed E-state index contributed by atoms with van der Waals surface area (Å²) in [4.78, 5) is 13.0. The molecule has 3 saturated heterocycles. The van der Waals surface area contributed by atoms with Crippen molar-refractivity contribution in [3.8, 4) is 6.07 Å². The van der Waals surface area contributed by atoms with Gasteiger partial charge in [0.25, 0.3) is 0 Å². The quantitative estimate of drug-likeness (QED) is 0.535. The Kier molecular flexibility index (Phi) is 6.61. The molecule has 12 heteroatoms. The van der Waals surface area contributed by atoms with Crippen LogP contribution in [0.25, 0.3) is 0 Å². The summed E-state index contributed by atoms with van der Waals surface area (Å²) >= 11 is 0. The van der Waals surface area contributed by atoms with Crippen LogP contribution in [0.3, 0.4) is 0 Å². The first-order valence-electron chi connectivity index (χ1n) is 10.9. The minimum Gasteiger partial charge on any atom is -0.379 e. The van der Waals surface area contributed by atoms with Crippen LogP contribution in [0.15, 0.2) is 29.2 Å². The first-order chi connectivity index (χ1) is 15.7. The average molecular weight is 481 g/mol. The maximum Gasteiger partial charge on any atom is 0.242 e. The van der Waals surface area contributed by atoms with Crippen molar-refractivity contribution in [2.45, 2.75) is 48.1 Å². The zero-order valence-electron chi connectivity index (χ0n) is 18.6. The number of hydrogen-bond acceptors (Lipinski definition) is 8. The van der Waals surface area contributed by atoms with Gasteiger partial charge >= 0.3 is 0 Å². The second-order valence-corrected chi connectivity index (χ2v) is 11.0. The van der Waals surface area contributed by atoms with E-state index < -0.39 is 33.8 Å². The number of carbonyl (C=O) groups is 1. The van der Waals surface area contributed by atoms with E-state index in [4.69, 9.17) is 4.74 Å². The highest BCUT2D eigenvalue weighted by molar-refractivity contribution is 7.89. The van der Waals surface area contributed by atoms with Gasteiger partial charge in [0.15, 0.2) is 0 Å². The van der Waals surface area contributed by atoms with Crippen molar-refractivity contribution in [1.82, 2.24) is 20.1 Å². The Hall–Kier alpha value is -2.30. The van der Waals surface area contributed by atoms with Gasteiger partial charge in [0.05, 0.1) is 29.9 Å². The molecule has 1 aromatic rings. The Bertz CT molecular complexity index is 1030. The van der Waals surface area contributed by atoms with E-state index in [1.54, 1.807) is 17.1 Å². The summed E-state index contributed by atoms with van der Waals surface area (Å²) in [5.74, 6) is -0.696. The van der Waals surface area contributed by atoms with Gasteiger partial charge in [0, 0.05) is 45.4 Å². The average Bonchev–Trinajstić information content (AvgIpc) is 3.16. The second kappa shape index (κ2) is 9.15. The van der Waals surface area contributed by atoms with Gasteiger partial charge in [-0.3, -0.25) is 4.79 Å². The topological polar surface area (TPSA) is 127 Å². The van der Waals surface area contributed by atoms with E-state index in [0.29, 0.717) is 25.3 Å². The molecule has 4 rings (SSSR count). The second-order valence-electron chi connectivity index (χ2n) is 8.85. The maximum atomic E-state index is 15.3. The molecule has 3 unspecified atom stereocenters. The van der Waals surface area contributed by atoms with E-state index in [9.17, 15) is 18.5 Å². The fourth-order valence-corrected chi connectivity index (χ4v) is 5.80. The molecular formula is C21H29FN6O4S. The first-order valence-corrected chi connectivity index (χ1v) is 12.4. The van der Waals surface area contributed by atoms with E-state index in [1.165, 1.54) is 26.2 Å². The van der Waals surface area contributed by atoms with Crippen molar-refractivity contribution < 1.29 is 22.3 Å². The van der Waals surface area contributed by atoms with Gasteiger partial charge in [0.2, 0.25) is 15.9 Å². The number of sulfonamides is 1. The molecule has 0 radical (unpaired) electrons. The summed E-state index contributed by atoms with van der Waals surface area (Å²) in [5, 5.41) is 17.3. The molecule has 3 fully saturated rings. The maximum absolute atomic E-state index is 15.3. The predicted octanol–water partition coefficient (Wildman–Crippen LogP) is 0.411. The van der Waals surface area contributed by atoms with E-state index in [1.807, 2.05) is 0 Å². The van der Waals surface area contributed by atoms with Crippen LogP contribution in [0.1, 0.15) is 19.3 Å². The zero-order chi connectivity index (χ0) is 23.8. The molecule has 0 aliphatic carbocycles. The monoisotopic (exact) mass is 480 g/mol. The number of fused-ring (bicyclic) bond motifs is 1. The normalized spacial score (nSPS) is 32.8. The third-order valence-electron chi connectivity index (χ3n) is 6.70. The molecule has 10 nitrogen and oxygen atoms in total. The van der Waals surface area contributed by atoms with Gasteiger partial charge in [0.1, 0.15) is 17.9 Å². The summed E-state index contributed by atoms with van der Waals surface area (Å²) < 4.78 is 46.7. The Labute approximate surface area is 193 Å². The highest BCUT2D eigenvalue weighted by Gasteiger charge is 2.58. The Morgan fingerprint density at radius 2 is 2.06 bits per heavy atom. The summed E-state index contributed by atoms with van der Waals surface area (Å²) in [6.45, 7) is 0.812. The third-order valence-corrected chi connectivity index (χ3v) is 8.53.